The van der Waals surface area contributed by atoms with E-state index in [0.717, 1.165) is 22.2 Å². The van der Waals surface area contributed by atoms with E-state index >= 15 is 0 Å². The molecule has 8 heteroatoms. The molecule has 1 N–H and O–H groups in total. The van der Waals surface area contributed by atoms with Crippen LogP contribution in [0, 0.1) is 6.92 Å². The summed E-state index contributed by atoms with van der Waals surface area (Å²) in [6.07, 6.45) is -0.772. The van der Waals surface area contributed by atoms with E-state index in [1.54, 1.807) is 16.6 Å². The molecule has 1 fully saturated rings. The minimum absolute atomic E-state index is 0.106. The van der Waals surface area contributed by atoms with Crippen LogP contribution in [0.15, 0.2) is 48.5 Å². The van der Waals surface area contributed by atoms with Gasteiger partial charge in [0.15, 0.2) is 6.10 Å². The van der Waals surface area contributed by atoms with Gasteiger partial charge in [-0.05, 0) is 30.2 Å². The highest BCUT2D eigenvalue weighted by Crippen LogP contribution is 2.31. The molecule has 3 aromatic rings. The zero-order chi connectivity index (χ0) is 20.4. The summed E-state index contributed by atoms with van der Waals surface area (Å²) in [7, 11) is 1.71. The molecule has 1 aliphatic heterocycles. The number of hydrogen-bond acceptors (Lipinski definition) is 5. The second-order valence-electron chi connectivity index (χ2n) is 7.13. The number of carbonyl (C=O) groups is 2. The van der Waals surface area contributed by atoms with Crippen LogP contribution in [0.1, 0.15) is 17.2 Å². The maximum absolute atomic E-state index is 12.9. The van der Waals surface area contributed by atoms with Crippen molar-refractivity contribution in [1.29, 1.82) is 0 Å². The van der Waals surface area contributed by atoms with Crippen molar-refractivity contribution >= 4 is 22.8 Å². The Labute approximate surface area is 168 Å². The summed E-state index contributed by atoms with van der Waals surface area (Å²) in [5.41, 5.74) is 3.65. The molecule has 2 aromatic carbocycles. The Bertz CT molecular complexity index is 1050. The molecule has 0 saturated carbocycles. The van der Waals surface area contributed by atoms with Crippen LogP contribution in [0.2, 0.25) is 0 Å². The smallest absolute Gasteiger partial charge is 0.251 e. The van der Waals surface area contributed by atoms with Crippen LogP contribution >= 0.6 is 0 Å². The highest BCUT2D eigenvalue weighted by molar-refractivity contribution is 5.86. The van der Waals surface area contributed by atoms with Crippen LogP contribution < -0.4 is 5.32 Å². The number of carbonyl (C=O) groups excluding carboxylic acids is 2. The molecular weight excluding hydrogens is 370 g/mol. The topological polar surface area (TPSA) is 89.4 Å². The van der Waals surface area contributed by atoms with Gasteiger partial charge in [0.05, 0.1) is 18.1 Å². The summed E-state index contributed by atoms with van der Waals surface area (Å²) in [6.45, 7) is 2.73. The zero-order valence-corrected chi connectivity index (χ0v) is 16.4. The molecule has 0 radical (unpaired) electrons. The van der Waals surface area contributed by atoms with Gasteiger partial charge in [-0.25, -0.2) is 4.68 Å². The highest BCUT2D eigenvalue weighted by Gasteiger charge is 2.40. The zero-order valence-electron chi connectivity index (χ0n) is 16.4. The van der Waals surface area contributed by atoms with E-state index in [9.17, 15) is 9.59 Å². The van der Waals surface area contributed by atoms with Gasteiger partial charge < -0.3 is 15.0 Å². The molecular formula is C21H23N5O3. The first-order chi connectivity index (χ1) is 14.1. The van der Waals surface area contributed by atoms with E-state index in [1.807, 2.05) is 55.5 Å². The maximum Gasteiger partial charge on any atom is 0.251 e. The number of aromatic nitrogens is 3. The molecule has 4 rings (SSSR count). The van der Waals surface area contributed by atoms with E-state index in [1.165, 1.54) is 0 Å². The lowest BCUT2D eigenvalue weighted by Gasteiger charge is -2.38. The van der Waals surface area contributed by atoms with Crippen molar-refractivity contribution in [3.63, 3.8) is 0 Å². The number of morpholine rings is 1. The van der Waals surface area contributed by atoms with Gasteiger partial charge in [0, 0.05) is 13.6 Å². The molecule has 0 aliphatic carbocycles. The normalized spacial score (nSPS) is 19.5. The quantitative estimate of drug-likeness (QED) is 0.709. The first-order valence-electron chi connectivity index (χ1n) is 9.55. The standard InChI is InChI=1S/C21H23N5O3/c1-14-7-3-4-8-15(14)19-20(29-13-18(27)25(19)2)21(28)22-11-12-26-17-10-6-5-9-16(17)23-24-26/h3-10,19-20H,11-13H2,1-2H3,(H,22,28)/t19-,20+/m1/s1. The van der Waals surface area contributed by atoms with Gasteiger partial charge in [-0.15, -0.1) is 5.10 Å². The van der Waals surface area contributed by atoms with Crippen molar-refractivity contribution in [2.24, 2.45) is 0 Å². The number of amides is 2. The predicted octanol–water partition coefficient (Wildman–Crippen LogP) is 1.45. The van der Waals surface area contributed by atoms with Gasteiger partial charge in [-0.3, -0.25) is 9.59 Å². The Hall–Kier alpha value is -3.26. The Balaban J connectivity index is 1.47. The molecule has 1 aromatic heterocycles. The van der Waals surface area contributed by atoms with Crippen molar-refractivity contribution in [2.45, 2.75) is 25.6 Å². The van der Waals surface area contributed by atoms with Crippen LogP contribution in [0.5, 0.6) is 0 Å². The Morgan fingerprint density at radius 2 is 1.97 bits per heavy atom. The number of fused-ring (bicyclic) bond motifs is 1. The lowest BCUT2D eigenvalue weighted by molar-refractivity contribution is -0.162. The fourth-order valence-electron chi connectivity index (χ4n) is 3.69. The van der Waals surface area contributed by atoms with E-state index in [0.29, 0.717) is 13.1 Å². The molecule has 29 heavy (non-hydrogen) atoms. The molecule has 150 valence electrons. The molecule has 0 unspecified atom stereocenters. The Morgan fingerprint density at radius 3 is 2.79 bits per heavy atom. The first kappa shape index (κ1) is 19.1. The molecule has 2 atom stereocenters. The maximum atomic E-state index is 12.9. The van der Waals surface area contributed by atoms with Gasteiger partial charge in [0.25, 0.3) is 5.91 Å². The van der Waals surface area contributed by atoms with Crippen LogP contribution in [0.3, 0.4) is 0 Å². The summed E-state index contributed by atoms with van der Waals surface area (Å²) in [5, 5.41) is 11.2. The van der Waals surface area contributed by atoms with Crippen molar-refractivity contribution in [1.82, 2.24) is 25.2 Å². The van der Waals surface area contributed by atoms with Crippen LogP contribution in [0.25, 0.3) is 11.0 Å². The van der Waals surface area contributed by atoms with Gasteiger partial charge in [0.1, 0.15) is 12.1 Å². The molecule has 2 amide bonds. The third kappa shape index (κ3) is 3.71. The molecule has 0 bridgehead atoms. The van der Waals surface area contributed by atoms with E-state index in [2.05, 4.69) is 15.6 Å². The number of aryl methyl sites for hydroxylation is 1. The Kier molecular flexibility index (Phi) is 5.26. The average molecular weight is 393 g/mol. The molecule has 1 saturated heterocycles. The summed E-state index contributed by atoms with van der Waals surface area (Å²) in [4.78, 5) is 26.7. The monoisotopic (exact) mass is 393 g/mol. The van der Waals surface area contributed by atoms with Crippen LogP contribution in [0.4, 0.5) is 0 Å². The van der Waals surface area contributed by atoms with E-state index < -0.39 is 12.1 Å². The summed E-state index contributed by atoms with van der Waals surface area (Å²) in [6, 6.07) is 14.9. The number of para-hydroxylation sites is 1. The predicted molar refractivity (Wildman–Crippen MR) is 107 cm³/mol. The summed E-state index contributed by atoms with van der Waals surface area (Å²) < 4.78 is 7.42. The number of ether oxygens (including phenoxy) is 1. The minimum atomic E-state index is -0.772. The SMILES string of the molecule is Cc1ccccc1[C@@H]1[C@@H](C(=O)NCCn2nnc3ccccc32)OCC(=O)N1C. The lowest BCUT2D eigenvalue weighted by Crippen LogP contribution is -2.53. The highest BCUT2D eigenvalue weighted by atomic mass is 16.5. The number of rotatable bonds is 5. The lowest BCUT2D eigenvalue weighted by atomic mass is 9.94. The molecule has 1 aliphatic rings. The molecule has 0 spiro atoms. The number of nitrogens with one attached hydrogen (secondary N) is 1. The Morgan fingerprint density at radius 1 is 1.21 bits per heavy atom. The van der Waals surface area contributed by atoms with Crippen molar-refractivity contribution in [3.8, 4) is 0 Å². The van der Waals surface area contributed by atoms with Gasteiger partial charge >= 0.3 is 0 Å². The molecule has 2 heterocycles. The number of likely N-dealkylation sites (N-methyl/N-ethyl adjacent to an activating group) is 1. The van der Waals surface area contributed by atoms with Crippen molar-refractivity contribution in [3.05, 3.63) is 59.7 Å². The number of hydrogen-bond donors (Lipinski definition) is 1. The van der Waals surface area contributed by atoms with Crippen molar-refractivity contribution < 1.29 is 14.3 Å². The fraction of sp³-hybridized carbons (Fsp3) is 0.333. The van der Waals surface area contributed by atoms with Gasteiger partial charge in [-0.2, -0.15) is 0 Å². The van der Waals surface area contributed by atoms with E-state index in [4.69, 9.17) is 4.74 Å². The fourth-order valence-corrected chi connectivity index (χ4v) is 3.69. The van der Waals surface area contributed by atoms with Gasteiger partial charge in [0.2, 0.25) is 5.91 Å². The van der Waals surface area contributed by atoms with Crippen LogP contribution in [-0.4, -0.2) is 58.0 Å². The van der Waals surface area contributed by atoms with Crippen LogP contribution in [-0.2, 0) is 20.9 Å². The van der Waals surface area contributed by atoms with Gasteiger partial charge in [-0.1, -0.05) is 41.6 Å². The minimum Gasteiger partial charge on any atom is -0.356 e. The summed E-state index contributed by atoms with van der Waals surface area (Å²) >= 11 is 0. The van der Waals surface area contributed by atoms with Crippen molar-refractivity contribution in [2.75, 3.05) is 20.2 Å². The third-order valence-corrected chi connectivity index (χ3v) is 5.29. The van der Waals surface area contributed by atoms with E-state index in [-0.39, 0.29) is 18.4 Å². The third-order valence-electron chi connectivity index (χ3n) is 5.29. The second kappa shape index (κ2) is 8.00. The second-order valence-corrected chi connectivity index (χ2v) is 7.13. The number of nitrogens with zero attached hydrogens (tertiary/aromatic N) is 4. The summed E-state index contributed by atoms with van der Waals surface area (Å²) in [5.74, 6) is -0.390. The largest absolute Gasteiger partial charge is 0.356 e. The first-order valence-corrected chi connectivity index (χ1v) is 9.55. The average Bonchev–Trinajstić information content (AvgIpc) is 3.14. The number of benzene rings is 2. The molecule has 8 nitrogen and oxygen atoms in total.